The fraction of sp³-hybridized carbons (Fsp3) is 0.833. The molecule has 82 valence electrons. The minimum atomic E-state index is -0.118. The molecule has 0 saturated heterocycles. The summed E-state index contributed by atoms with van der Waals surface area (Å²) in [7, 11) is 0. The number of rotatable bonds is 4. The maximum atomic E-state index is 6.10. The lowest BCUT2D eigenvalue weighted by molar-refractivity contribution is -0.0586. The number of ether oxygens (including phenoxy) is 1. The zero-order valence-corrected chi connectivity index (χ0v) is 9.30. The van der Waals surface area contributed by atoms with Gasteiger partial charge in [0.15, 0.2) is 0 Å². The minimum Gasteiger partial charge on any atom is -0.373 e. The molecule has 1 aliphatic carbocycles. The molecule has 0 aromatic carbocycles. The van der Waals surface area contributed by atoms with Crippen LogP contribution in [0.2, 0.25) is 0 Å². The van der Waals surface area contributed by atoms with E-state index in [-0.39, 0.29) is 11.6 Å². The van der Waals surface area contributed by atoms with Crippen LogP contribution < -0.4 is 5.73 Å². The second-order valence-electron chi connectivity index (χ2n) is 4.17. The van der Waals surface area contributed by atoms with Gasteiger partial charge in [-0.1, -0.05) is 31.8 Å². The van der Waals surface area contributed by atoms with Crippen molar-refractivity contribution in [3.8, 4) is 0 Å². The minimum absolute atomic E-state index is 0.0134. The summed E-state index contributed by atoms with van der Waals surface area (Å²) in [6.07, 6.45) is 9.13. The second-order valence-corrected chi connectivity index (χ2v) is 4.17. The molecule has 0 aromatic rings. The molecule has 2 nitrogen and oxygen atoms in total. The van der Waals surface area contributed by atoms with Crippen molar-refractivity contribution in [1.82, 2.24) is 0 Å². The zero-order valence-electron chi connectivity index (χ0n) is 9.30. The van der Waals surface area contributed by atoms with Gasteiger partial charge in [0.1, 0.15) is 0 Å². The van der Waals surface area contributed by atoms with Gasteiger partial charge in [-0.15, -0.1) is 6.58 Å². The number of nitrogens with two attached hydrogens (primary N) is 1. The first-order valence-electron chi connectivity index (χ1n) is 5.77. The van der Waals surface area contributed by atoms with Crippen molar-refractivity contribution in [1.29, 1.82) is 0 Å². The molecule has 0 aromatic heterocycles. The monoisotopic (exact) mass is 197 g/mol. The molecule has 1 atom stereocenters. The van der Waals surface area contributed by atoms with Gasteiger partial charge in [0.25, 0.3) is 0 Å². The first kappa shape index (κ1) is 11.7. The van der Waals surface area contributed by atoms with Gasteiger partial charge in [0.05, 0.1) is 11.6 Å². The maximum absolute atomic E-state index is 6.10. The molecular weight excluding hydrogens is 174 g/mol. The molecule has 0 spiro atoms. The van der Waals surface area contributed by atoms with Crippen molar-refractivity contribution in [2.45, 2.75) is 57.1 Å². The highest BCUT2D eigenvalue weighted by Crippen LogP contribution is 2.33. The average molecular weight is 197 g/mol. The topological polar surface area (TPSA) is 35.2 Å². The van der Waals surface area contributed by atoms with Gasteiger partial charge in [0.2, 0.25) is 0 Å². The van der Waals surface area contributed by atoms with Crippen LogP contribution in [0.5, 0.6) is 0 Å². The van der Waals surface area contributed by atoms with E-state index in [0.717, 1.165) is 19.4 Å². The number of hydrogen-bond donors (Lipinski definition) is 1. The van der Waals surface area contributed by atoms with Gasteiger partial charge in [0, 0.05) is 6.61 Å². The molecule has 0 bridgehead atoms. The largest absolute Gasteiger partial charge is 0.373 e. The van der Waals surface area contributed by atoms with Crippen molar-refractivity contribution in [2.24, 2.45) is 5.73 Å². The van der Waals surface area contributed by atoms with Crippen LogP contribution in [-0.2, 0) is 4.74 Å². The fourth-order valence-corrected chi connectivity index (χ4v) is 2.40. The summed E-state index contributed by atoms with van der Waals surface area (Å²) in [4.78, 5) is 0. The van der Waals surface area contributed by atoms with Crippen LogP contribution in [0.3, 0.4) is 0 Å². The molecule has 1 rings (SSSR count). The van der Waals surface area contributed by atoms with Crippen LogP contribution in [0.15, 0.2) is 12.7 Å². The highest BCUT2D eigenvalue weighted by molar-refractivity contribution is 5.01. The van der Waals surface area contributed by atoms with Gasteiger partial charge >= 0.3 is 0 Å². The smallest absolute Gasteiger partial charge is 0.0868 e. The van der Waals surface area contributed by atoms with Crippen LogP contribution in [0, 0.1) is 0 Å². The zero-order chi connectivity index (χ0) is 10.4. The van der Waals surface area contributed by atoms with Gasteiger partial charge in [-0.3, -0.25) is 0 Å². The van der Waals surface area contributed by atoms with Crippen molar-refractivity contribution in [2.75, 3.05) is 6.61 Å². The van der Waals surface area contributed by atoms with E-state index in [1.54, 1.807) is 0 Å². The van der Waals surface area contributed by atoms with Crippen molar-refractivity contribution >= 4 is 0 Å². The van der Waals surface area contributed by atoms with Gasteiger partial charge in [-0.05, 0) is 19.8 Å². The first-order valence-corrected chi connectivity index (χ1v) is 5.77. The summed E-state index contributed by atoms with van der Waals surface area (Å²) in [6, 6.07) is -0.0134. The molecule has 1 saturated carbocycles. The molecule has 0 amide bonds. The Morgan fingerprint density at radius 2 is 1.93 bits per heavy atom. The van der Waals surface area contributed by atoms with E-state index in [9.17, 15) is 0 Å². The molecule has 1 fully saturated rings. The van der Waals surface area contributed by atoms with E-state index in [1.807, 2.05) is 13.0 Å². The third-order valence-corrected chi connectivity index (χ3v) is 3.24. The predicted octanol–water partition coefficient (Wildman–Crippen LogP) is 2.63. The summed E-state index contributed by atoms with van der Waals surface area (Å²) in [5.74, 6) is 0. The first-order chi connectivity index (χ1) is 6.75. The standard InChI is InChI=1S/C12H23NO/c1-3-11(13)12(14-4-2)9-7-5-6-8-10-12/h3,11H,1,4-10,13H2,2H3. The van der Waals surface area contributed by atoms with Gasteiger partial charge < -0.3 is 10.5 Å². The Hall–Kier alpha value is -0.340. The molecule has 0 heterocycles. The van der Waals surface area contributed by atoms with Gasteiger partial charge in [-0.25, -0.2) is 0 Å². The van der Waals surface area contributed by atoms with Crippen LogP contribution in [0.4, 0.5) is 0 Å². The van der Waals surface area contributed by atoms with E-state index < -0.39 is 0 Å². The lowest BCUT2D eigenvalue weighted by Gasteiger charge is -2.36. The Balaban J connectivity index is 2.71. The highest BCUT2D eigenvalue weighted by Gasteiger charge is 2.36. The molecular formula is C12H23NO. The van der Waals surface area contributed by atoms with Crippen molar-refractivity contribution < 1.29 is 4.74 Å². The summed E-state index contributed by atoms with van der Waals surface area (Å²) in [6.45, 7) is 6.58. The quantitative estimate of drug-likeness (QED) is 0.555. The normalized spacial score (nSPS) is 23.9. The Morgan fingerprint density at radius 3 is 2.36 bits per heavy atom. The molecule has 1 unspecified atom stereocenters. The van der Waals surface area contributed by atoms with Crippen LogP contribution >= 0.6 is 0 Å². The summed E-state index contributed by atoms with van der Waals surface area (Å²) >= 11 is 0. The fourth-order valence-electron chi connectivity index (χ4n) is 2.40. The third-order valence-electron chi connectivity index (χ3n) is 3.24. The van der Waals surface area contributed by atoms with Crippen molar-refractivity contribution in [3.63, 3.8) is 0 Å². The van der Waals surface area contributed by atoms with Crippen LogP contribution in [0.1, 0.15) is 45.4 Å². The van der Waals surface area contributed by atoms with Crippen molar-refractivity contribution in [3.05, 3.63) is 12.7 Å². The van der Waals surface area contributed by atoms with Gasteiger partial charge in [-0.2, -0.15) is 0 Å². The van der Waals surface area contributed by atoms with E-state index in [4.69, 9.17) is 10.5 Å². The second kappa shape index (κ2) is 5.52. The molecule has 14 heavy (non-hydrogen) atoms. The summed E-state index contributed by atoms with van der Waals surface area (Å²) in [5, 5.41) is 0. The molecule has 0 radical (unpaired) electrons. The summed E-state index contributed by atoms with van der Waals surface area (Å²) in [5.41, 5.74) is 5.98. The van der Waals surface area contributed by atoms with E-state index in [2.05, 4.69) is 6.58 Å². The Kier molecular flexibility index (Phi) is 4.63. The Morgan fingerprint density at radius 1 is 1.36 bits per heavy atom. The highest BCUT2D eigenvalue weighted by atomic mass is 16.5. The van der Waals surface area contributed by atoms with E-state index >= 15 is 0 Å². The SMILES string of the molecule is C=CC(N)C1(OCC)CCCCCC1. The molecule has 0 aliphatic heterocycles. The number of hydrogen-bond acceptors (Lipinski definition) is 2. The van der Waals surface area contributed by atoms with E-state index in [1.165, 1.54) is 25.7 Å². The van der Waals surface area contributed by atoms with Crippen LogP contribution in [0.25, 0.3) is 0 Å². The lowest BCUT2D eigenvalue weighted by atomic mass is 9.86. The van der Waals surface area contributed by atoms with E-state index in [0.29, 0.717) is 0 Å². The lowest BCUT2D eigenvalue weighted by Crippen LogP contribution is -2.48. The summed E-state index contributed by atoms with van der Waals surface area (Å²) < 4.78 is 5.91. The van der Waals surface area contributed by atoms with Crippen LogP contribution in [-0.4, -0.2) is 18.2 Å². The molecule has 1 aliphatic rings. The maximum Gasteiger partial charge on any atom is 0.0868 e. The molecule has 2 heteroatoms. The predicted molar refractivity (Wildman–Crippen MR) is 60.2 cm³/mol. The average Bonchev–Trinajstić information content (AvgIpc) is 2.44. The third kappa shape index (κ3) is 2.58. The Labute approximate surface area is 87.5 Å². The molecule has 2 N–H and O–H groups in total. The Bertz CT molecular complexity index is 171.